The molecule has 0 aromatic rings. The van der Waals surface area contributed by atoms with Gasteiger partial charge < -0.3 is 80.6 Å². The number of ether oxygens (including phenoxy) is 8. The van der Waals surface area contributed by atoms with E-state index in [1.807, 2.05) is 0 Å². The lowest BCUT2D eigenvalue weighted by Crippen LogP contribution is -2.69. The lowest BCUT2D eigenvalue weighted by atomic mass is 9.75. The molecule has 73 heavy (non-hydrogen) atoms. The van der Waals surface area contributed by atoms with Gasteiger partial charge in [-0.05, 0) is 122 Å². The molecule has 419 valence electrons. The first kappa shape index (κ1) is 59.9. The minimum Gasteiger partial charge on any atom is -0.463 e. The van der Waals surface area contributed by atoms with Crippen LogP contribution in [0.1, 0.15) is 122 Å². The molecule has 15 atom stereocenters. The Hall–Kier alpha value is -2.35. The fourth-order valence-electron chi connectivity index (χ4n) is 12.3. The lowest BCUT2D eigenvalue weighted by Gasteiger charge is -2.50. The standard InChI is InChI=1S/C48H83N6O19/c1-43(2)13-22(14-44(3,4)52(43)63)37(59)66-19-25-31(55)32(56)29(50)41(70-25)73-36-27(21-68-39(61)24-17-47(9,10)54(65)48(11,12)18-24)71-42(30(51)34(36)58)72-35-26(69-40(62)28(49)33(35)57)20-67-38(60)23-15-45(5,6)53(64)46(7,8)16-23/h22-36,40-42,55-58,62H,13-21,49-51H2,1-12H3. The molecule has 6 aliphatic heterocycles. The lowest BCUT2D eigenvalue weighted by molar-refractivity contribution is -0.348. The number of aliphatic hydroxyl groups excluding tert-OH is 5. The van der Waals surface area contributed by atoms with Crippen molar-refractivity contribution in [3.63, 3.8) is 0 Å². The summed E-state index contributed by atoms with van der Waals surface area (Å²) in [6.07, 6.45) is -18.6. The first-order valence-corrected chi connectivity index (χ1v) is 25.3. The van der Waals surface area contributed by atoms with Crippen molar-refractivity contribution in [2.24, 2.45) is 35.0 Å². The molecule has 11 N–H and O–H groups in total. The monoisotopic (exact) mass is 1050 g/mol. The minimum atomic E-state index is -1.81. The van der Waals surface area contributed by atoms with Crippen LogP contribution in [0.25, 0.3) is 0 Å². The van der Waals surface area contributed by atoms with Crippen LogP contribution >= 0.6 is 0 Å². The molecule has 6 heterocycles. The number of hydrogen-bond acceptors (Lipinski definition) is 22. The SMILES string of the molecule is CC1(C)CC(C(=O)OCC2OC(OC3C(COC(=O)C4CC(C)(C)N([O])C(C)(C)C4)OC(OC4C(COC(=O)C5CC(C)(C)N([O])C(C)(C)C5)OC(O)C(N)C4O)C(N)C3O)C(N)C(O)C2O)CC(C)(C)N1[O]. The molecule has 0 spiro atoms. The van der Waals surface area contributed by atoms with Gasteiger partial charge in [0.1, 0.15) is 74.8 Å². The van der Waals surface area contributed by atoms with E-state index in [1.54, 1.807) is 83.1 Å². The van der Waals surface area contributed by atoms with E-state index in [9.17, 15) is 55.5 Å². The maximum atomic E-state index is 13.9. The van der Waals surface area contributed by atoms with Crippen molar-refractivity contribution in [1.29, 1.82) is 0 Å². The smallest absolute Gasteiger partial charge is 0.309 e. The highest BCUT2D eigenvalue weighted by Crippen LogP contribution is 2.44. The van der Waals surface area contributed by atoms with Gasteiger partial charge in [-0.15, -0.1) is 30.8 Å². The molecule has 6 rings (SSSR count). The van der Waals surface area contributed by atoms with Crippen molar-refractivity contribution in [2.45, 2.75) is 247 Å². The molecule has 0 saturated carbocycles. The topological polar surface area (TPSA) is 374 Å². The largest absolute Gasteiger partial charge is 0.463 e. The molecule has 15 unspecified atom stereocenters. The summed E-state index contributed by atoms with van der Waals surface area (Å²) in [6.45, 7) is 18.8. The number of aliphatic hydroxyl groups is 5. The van der Waals surface area contributed by atoms with Gasteiger partial charge in [0.05, 0.1) is 35.9 Å². The normalized spacial score (nSPS) is 40.4. The van der Waals surface area contributed by atoms with Crippen molar-refractivity contribution in [2.75, 3.05) is 19.8 Å². The molecule has 0 aromatic heterocycles. The Balaban J connectivity index is 1.21. The molecule has 0 bridgehead atoms. The predicted octanol–water partition coefficient (Wildman–Crippen LogP) is -1.18. The summed E-state index contributed by atoms with van der Waals surface area (Å²) < 4.78 is 47.7. The number of rotatable bonds is 13. The summed E-state index contributed by atoms with van der Waals surface area (Å²) in [5.74, 6) is -4.17. The van der Waals surface area contributed by atoms with Gasteiger partial charge in [0.15, 0.2) is 18.9 Å². The molecule has 6 saturated heterocycles. The van der Waals surface area contributed by atoms with E-state index >= 15 is 0 Å². The van der Waals surface area contributed by atoms with Crippen LogP contribution in [0, 0.1) is 17.8 Å². The number of nitrogens with two attached hydrogens (primary N) is 3. The third kappa shape index (κ3) is 12.7. The third-order valence-corrected chi connectivity index (χ3v) is 15.7. The van der Waals surface area contributed by atoms with Crippen molar-refractivity contribution in [3.05, 3.63) is 0 Å². The van der Waals surface area contributed by atoms with E-state index in [2.05, 4.69) is 0 Å². The zero-order valence-electron chi connectivity index (χ0n) is 44.3. The maximum Gasteiger partial charge on any atom is 0.309 e. The van der Waals surface area contributed by atoms with E-state index in [-0.39, 0.29) is 38.5 Å². The summed E-state index contributed by atoms with van der Waals surface area (Å²) in [7, 11) is 0. The first-order chi connectivity index (χ1) is 33.4. The third-order valence-electron chi connectivity index (χ3n) is 15.7. The van der Waals surface area contributed by atoms with Crippen molar-refractivity contribution < 1.29 is 93.4 Å². The number of carbonyl (C=O) groups is 3. The van der Waals surface area contributed by atoms with Crippen LogP contribution in [-0.4, -0.2) is 204 Å². The summed E-state index contributed by atoms with van der Waals surface area (Å²) in [5, 5.41) is 98.3. The van der Waals surface area contributed by atoms with Crippen LogP contribution in [0.5, 0.6) is 0 Å². The average Bonchev–Trinajstić information content (AvgIpc) is 3.28. The van der Waals surface area contributed by atoms with E-state index in [0.717, 1.165) is 15.2 Å². The van der Waals surface area contributed by atoms with Crippen molar-refractivity contribution >= 4 is 17.9 Å². The molecule has 25 nitrogen and oxygen atoms in total. The van der Waals surface area contributed by atoms with Crippen molar-refractivity contribution in [1.82, 2.24) is 15.2 Å². The van der Waals surface area contributed by atoms with Crippen molar-refractivity contribution in [3.8, 4) is 0 Å². The van der Waals surface area contributed by atoms with E-state index < -0.39 is 181 Å². The number of hydrogen-bond donors (Lipinski definition) is 8. The number of piperidine rings is 3. The molecule has 6 fully saturated rings. The van der Waals surface area contributed by atoms with Crippen LogP contribution in [0.2, 0.25) is 0 Å². The Morgan fingerprint density at radius 2 is 0.712 bits per heavy atom. The Labute approximate surface area is 427 Å². The molecular weight excluding hydrogens is 965 g/mol. The van der Waals surface area contributed by atoms with Crippen LogP contribution in [0.3, 0.4) is 0 Å². The van der Waals surface area contributed by atoms with Crippen LogP contribution in [0.15, 0.2) is 0 Å². The number of hydroxylamine groups is 6. The highest BCUT2D eigenvalue weighted by Gasteiger charge is 2.56. The van der Waals surface area contributed by atoms with Crippen LogP contribution in [-0.2, 0) is 67.9 Å². The fourth-order valence-corrected chi connectivity index (χ4v) is 12.3. The zero-order valence-corrected chi connectivity index (χ0v) is 44.3. The second kappa shape index (κ2) is 21.8. The Morgan fingerprint density at radius 3 is 1.05 bits per heavy atom. The number of nitrogens with zero attached hydrogens (tertiary/aromatic N) is 3. The molecule has 0 aliphatic carbocycles. The molecule has 3 radical (unpaired) electrons. The average molecular weight is 1050 g/mol. The second-order valence-corrected chi connectivity index (χ2v) is 25.0. The number of carbonyl (C=O) groups excluding carboxylic acids is 3. The molecule has 6 aliphatic rings. The van der Waals surface area contributed by atoms with Gasteiger partial charge in [0.25, 0.3) is 0 Å². The van der Waals surface area contributed by atoms with Crippen LogP contribution in [0.4, 0.5) is 0 Å². The summed E-state index contributed by atoms with van der Waals surface area (Å²) in [4.78, 5) is 40.9. The number of esters is 3. The summed E-state index contributed by atoms with van der Waals surface area (Å²) in [6, 6.07) is -4.53. The van der Waals surface area contributed by atoms with Gasteiger partial charge in [-0.1, -0.05) is 0 Å². The van der Waals surface area contributed by atoms with Crippen LogP contribution < -0.4 is 17.2 Å². The summed E-state index contributed by atoms with van der Waals surface area (Å²) in [5.41, 5.74) is 13.6. The van der Waals surface area contributed by atoms with Gasteiger partial charge in [0, 0.05) is 33.2 Å². The first-order valence-electron chi connectivity index (χ1n) is 25.3. The summed E-state index contributed by atoms with van der Waals surface area (Å²) >= 11 is 0. The molecule has 0 aromatic carbocycles. The molecular formula is C48H83N6O19. The zero-order chi connectivity index (χ0) is 54.9. The fraction of sp³-hybridized carbons (Fsp3) is 0.938. The quantitative estimate of drug-likeness (QED) is 0.0795. The van der Waals surface area contributed by atoms with E-state index in [1.165, 1.54) is 0 Å². The second-order valence-electron chi connectivity index (χ2n) is 25.0. The predicted molar refractivity (Wildman–Crippen MR) is 249 cm³/mol. The maximum absolute atomic E-state index is 13.9. The van der Waals surface area contributed by atoms with E-state index in [0.29, 0.717) is 0 Å². The molecule has 0 amide bonds. The van der Waals surface area contributed by atoms with Gasteiger partial charge in [0.2, 0.25) is 0 Å². The van der Waals surface area contributed by atoms with Gasteiger partial charge in [-0.2, -0.15) is 0 Å². The van der Waals surface area contributed by atoms with E-state index in [4.69, 9.17) is 55.1 Å². The Morgan fingerprint density at radius 1 is 0.438 bits per heavy atom. The van der Waals surface area contributed by atoms with Gasteiger partial charge >= 0.3 is 17.9 Å². The minimum absolute atomic E-state index is 0.138. The highest BCUT2D eigenvalue weighted by molar-refractivity contribution is 5.74. The Kier molecular flexibility index (Phi) is 17.9. The Bertz CT molecular complexity index is 1890. The van der Waals surface area contributed by atoms with Gasteiger partial charge in [-0.3, -0.25) is 14.4 Å². The molecule has 25 heteroatoms. The highest BCUT2D eigenvalue weighted by atomic mass is 16.7. The van der Waals surface area contributed by atoms with Gasteiger partial charge in [-0.25, -0.2) is 0 Å².